The molecule has 8 heteroatoms. The second-order valence-electron chi connectivity index (χ2n) is 2.74. The fraction of sp³-hybridized carbons (Fsp3) is 0.250. The molecule has 1 aromatic rings. The van der Waals surface area contributed by atoms with Crippen molar-refractivity contribution in [2.75, 3.05) is 12.4 Å². The van der Waals surface area contributed by atoms with Crippen LogP contribution in [0, 0.1) is 10.1 Å². The van der Waals surface area contributed by atoms with Crippen molar-refractivity contribution in [2.45, 2.75) is 6.36 Å². The Bertz CT molecular complexity index is 406. The first-order chi connectivity index (χ1) is 7.33. The lowest BCUT2D eigenvalue weighted by Gasteiger charge is -2.12. The van der Waals surface area contributed by atoms with Crippen LogP contribution in [-0.4, -0.2) is 18.3 Å². The highest BCUT2D eigenvalue weighted by Crippen LogP contribution is 2.32. The Balaban J connectivity index is 3.07. The predicted molar refractivity (Wildman–Crippen MR) is 49.3 cm³/mol. The van der Waals surface area contributed by atoms with E-state index in [1.54, 1.807) is 0 Å². The summed E-state index contributed by atoms with van der Waals surface area (Å²) in [5, 5.41) is 12.8. The number of ether oxygens (including phenoxy) is 1. The maximum atomic E-state index is 11.9. The van der Waals surface area contributed by atoms with Crippen LogP contribution in [0.5, 0.6) is 5.75 Å². The molecule has 0 bridgehead atoms. The number of alkyl halides is 3. The molecule has 0 atom stereocenters. The topological polar surface area (TPSA) is 64.4 Å². The summed E-state index contributed by atoms with van der Waals surface area (Å²) in [6.07, 6.45) is -4.83. The second kappa shape index (κ2) is 4.25. The van der Waals surface area contributed by atoms with Crippen molar-refractivity contribution in [2.24, 2.45) is 0 Å². The first-order valence-corrected chi connectivity index (χ1v) is 4.05. The molecule has 0 saturated heterocycles. The SMILES string of the molecule is CNc1cc([N+](=O)[O-])ccc1OC(F)(F)F. The largest absolute Gasteiger partial charge is 0.573 e. The van der Waals surface area contributed by atoms with Crippen molar-refractivity contribution in [1.82, 2.24) is 0 Å². The van der Waals surface area contributed by atoms with E-state index in [1.165, 1.54) is 7.05 Å². The minimum atomic E-state index is -4.83. The van der Waals surface area contributed by atoms with Gasteiger partial charge >= 0.3 is 6.36 Å². The molecule has 0 aliphatic carbocycles. The van der Waals surface area contributed by atoms with Crippen molar-refractivity contribution in [3.05, 3.63) is 28.3 Å². The van der Waals surface area contributed by atoms with Gasteiger partial charge in [-0.2, -0.15) is 0 Å². The third-order valence-electron chi connectivity index (χ3n) is 1.67. The van der Waals surface area contributed by atoms with Crippen LogP contribution in [0.3, 0.4) is 0 Å². The highest BCUT2D eigenvalue weighted by Gasteiger charge is 2.32. The molecule has 0 saturated carbocycles. The molecule has 16 heavy (non-hydrogen) atoms. The molecule has 0 heterocycles. The fourth-order valence-electron chi connectivity index (χ4n) is 1.04. The Morgan fingerprint density at radius 3 is 2.50 bits per heavy atom. The zero-order chi connectivity index (χ0) is 12.3. The summed E-state index contributed by atoms with van der Waals surface area (Å²) < 4.78 is 39.5. The van der Waals surface area contributed by atoms with Gasteiger partial charge in [-0.05, 0) is 6.07 Å². The summed E-state index contributed by atoms with van der Waals surface area (Å²) in [5.74, 6) is -0.513. The molecule has 0 radical (unpaired) electrons. The van der Waals surface area contributed by atoms with E-state index in [4.69, 9.17) is 0 Å². The summed E-state index contributed by atoms with van der Waals surface area (Å²) in [6.45, 7) is 0. The van der Waals surface area contributed by atoms with Gasteiger partial charge in [0, 0.05) is 19.2 Å². The summed E-state index contributed by atoms with van der Waals surface area (Å²) in [7, 11) is 1.34. The van der Waals surface area contributed by atoms with Crippen LogP contribution in [0.25, 0.3) is 0 Å². The van der Waals surface area contributed by atoms with E-state index in [0.717, 1.165) is 18.2 Å². The van der Waals surface area contributed by atoms with E-state index in [2.05, 4.69) is 10.1 Å². The zero-order valence-corrected chi connectivity index (χ0v) is 8.04. The van der Waals surface area contributed by atoms with Crippen LogP contribution < -0.4 is 10.1 Å². The van der Waals surface area contributed by atoms with Gasteiger partial charge in [0.25, 0.3) is 5.69 Å². The number of rotatable bonds is 3. The molecule has 5 nitrogen and oxygen atoms in total. The number of nitro benzene ring substituents is 1. The molecular formula is C8H7F3N2O3. The van der Waals surface area contributed by atoms with Gasteiger partial charge in [0.2, 0.25) is 0 Å². The number of nitrogens with zero attached hydrogens (tertiary/aromatic N) is 1. The molecule has 1 N–H and O–H groups in total. The van der Waals surface area contributed by atoms with Gasteiger partial charge in [0.05, 0.1) is 10.6 Å². The number of non-ortho nitro benzene ring substituents is 1. The lowest BCUT2D eigenvalue weighted by atomic mass is 10.2. The van der Waals surface area contributed by atoms with Gasteiger partial charge in [-0.15, -0.1) is 13.2 Å². The van der Waals surface area contributed by atoms with E-state index >= 15 is 0 Å². The summed E-state index contributed by atoms with van der Waals surface area (Å²) in [5.41, 5.74) is -0.426. The predicted octanol–water partition coefficient (Wildman–Crippen LogP) is 2.54. The molecule has 0 aliphatic rings. The van der Waals surface area contributed by atoms with Crippen molar-refractivity contribution >= 4 is 11.4 Å². The number of nitro groups is 1. The molecule has 1 aromatic carbocycles. The quantitative estimate of drug-likeness (QED) is 0.647. The molecule has 0 amide bonds. The van der Waals surface area contributed by atoms with Crippen LogP contribution >= 0.6 is 0 Å². The average molecular weight is 236 g/mol. The van der Waals surface area contributed by atoms with E-state index < -0.39 is 17.0 Å². The van der Waals surface area contributed by atoms with Gasteiger partial charge in [-0.25, -0.2) is 0 Å². The minimum absolute atomic E-state index is 0.105. The molecule has 0 fully saturated rings. The molecule has 0 aromatic heterocycles. The average Bonchev–Trinajstić information content (AvgIpc) is 2.15. The number of anilines is 1. The molecule has 0 unspecified atom stereocenters. The molecule has 1 rings (SSSR count). The van der Waals surface area contributed by atoms with E-state index in [9.17, 15) is 23.3 Å². The van der Waals surface area contributed by atoms with Gasteiger partial charge in [-0.1, -0.05) is 0 Å². The lowest BCUT2D eigenvalue weighted by molar-refractivity contribution is -0.384. The van der Waals surface area contributed by atoms with Crippen molar-refractivity contribution in [3.8, 4) is 5.75 Å². The molecular weight excluding hydrogens is 229 g/mol. The Kier molecular flexibility index (Phi) is 3.21. The fourth-order valence-corrected chi connectivity index (χ4v) is 1.04. The normalized spacial score (nSPS) is 11.0. The van der Waals surface area contributed by atoms with Gasteiger partial charge in [0.15, 0.2) is 5.75 Å². The van der Waals surface area contributed by atoms with E-state index in [0.29, 0.717) is 0 Å². The van der Waals surface area contributed by atoms with Gasteiger partial charge in [0.1, 0.15) is 0 Å². The van der Waals surface area contributed by atoms with E-state index in [1.807, 2.05) is 0 Å². The molecule has 88 valence electrons. The zero-order valence-electron chi connectivity index (χ0n) is 8.04. The van der Waals surface area contributed by atoms with Crippen LogP contribution in [0.4, 0.5) is 24.5 Å². The number of halogens is 3. The van der Waals surface area contributed by atoms with Crippen LogP contribution in [-0.2, 0) is 0 Å². The first kappa shape index (κ1) is 12.1. The molecule has 0 aliphatic heterocycles. The van der Waals surface area contributed by atoms with Crippen LogP contribution in [0.1, 0.15) is 0 Å². The highest BCUT2D eigenvalue weighted by molar-refractivity contribution is 5.61. The summed E-state index contributed by atoms with van der Waals surface area (Å²) >= 11 is 0. The summed E-state index contributed by atoms with van der Waals surface area (Å²) in [4.78, 5) is 9.67. The maximum absolute atomic E-state index is 11.9. The smallest absolute Gasteiger partial charge is 0.404 e. The van der Waals surface area contributed by atoms with Crippen molar-refractivity contribution < 1.29 is 22.8 Å². The Morgan fingerprint density at radius 1 is 1.44 bits per heavy atom. The number of hydrogen-bond acceptors (Lipinski definition) is 4. The van der Waals surface area contributed by atoms with Crippen molar-refractivity contribution in [1.29, 1.82) is 0 Å². The Morgan fingerprint density at radius 2 is 2.06 bits per heavy atom. The first-order valence-electron chi connectivity index (χ1n) is 4.05. The highest BCUT2D eigenvalue weighted by atomic mass is 19.4. The number of benzene rings is 1. The third kappa shape index (κ3) is 3.01. The number of nitrogens with one attached hydrogen (secondary N) is 1. The van der Waals surface area contributed by atoms with Gasteiger partial charge < -0.3 is 10.1 Å². The monoisotopic (exact) mass is 236 g/mol. The molecule has 0 spiro atoms. The lowest BCUT2D eigenvalue weighted by Crippen LogP contribution is -2.18. The van der Waals surface area contributed by atoms with Crippen LogP contribution in [0.15, 0.2) is 18.2 Å². The number of hydrogen-bond donors (Lipinski definition) is 1. The standard InChI is InChI=1S/C8H7F3N2O3/c1-12-6-4-5(13(14)15)2-3-7(6)16-8(9,10)11/h2-4,12H,1H3. The minimum Gasteiger partial charge on any atom is -0.404 e. The van der Waals surface area contributed by atoms with Crippen LogP contribution in [0.2, 0.25) is 0 Å². The second-order valence-corrected chi connectivity index (χ2v) is 2.74. The van der Waals surface area contributed by atoms with Gasteiger partial charge in [-0.3, -0.25) is 10.1 Å². The van der Waals surface area contributed by atoms with E-state index in [-0.39, 0.29) is 11.4 Å². The summed E-state index contributed by atoms with van der Waals surface area (Å²) in [6, 6.07) is 2.78. The van der Waals surface area contributed by atoms with Crippen molar-refractivity contribution in [3.63, 3.8) is 0 Å². The Labute approximate surface area is 88.0 Å². The Hall–Kier alpha value is -1.99. The third-order valence-corrected chi connectivity index (χ3v) is 1.67. The maximum Gasteiger partial charge on any atom is 0.573 e.